The van der Waals surface area contributed by atoms with E-state index in [1.807, 2.05) is 13.1 Å². The van der Waals surface area contributed by atoms with E-state index < -0.39 is 0 Å². The van der Waals surface area contributed by atoms with Gasteiger partial charge in [-0.25, -0.2) is 0 Å². The topological polar surface area (TPSA) is 27.8 Å². The van der Waals surface area contributed by atoms with Crippen LogP contribution in [0.1, 0.15) is 5.56 Å². The number of nitrogens with one attached hydrogen (secondary N) is 2. The van der Waals surface area contributed by atoms with Gasteiger partial charge >= 0.3 is 0 Å². The molecular formula is C16H16N2. The number of benzene rings is 2. The highest BCUT2D eigenvalue weighted by Crippen LogP contribution is 2.26. The quantitative estimate of drug-likeness (QED) is 0.715. The van der Waals surface area contributed by atoms with Crippen LogP contribution in [0.5, 0.6) is 0 Å². The zero-order valence-corrected chi connectivity index (χ0v) is 10.4. The second-order valence-corrected chi connectivity index (χ2v) is 4.47. The summed E-state index contributed by atoms with van der Waals surface area (Å²) in [6.45, 7) is 0.887. The summed E-state index contributed by atoms with van der Waals surface area (Å²) in [4.78, 5) is 3.31. The van der Waals surface area contributed by atoms with Gasteiger partial charge in [-0.05, 0) is 35.9 Å². The molecule has 2 aromatic carbocycles. The van der Waals surface area contributed by atoms with E-state index in [9.17, 15) is 0 Å². The van der Waals surface area contributed by atoms with E-state index in [0.29, 0.717) is 0 Å². The maximum Gasteiger partial charge on any atom is 0.0457 e. The first-order chi connectivity index (χ1) is 8.88. The Morgan fingerprint density at radius 2 is 1.83 bits per heavy atom. The van der Waals surface area contributed by atoms with Crippen LogP contribution in [0.15, 0.2) is 54.7 Å². The minimum Gasteiger partial charge on any atom is -0.361 e. The lowest BCUT2D eigenvalue weighted by Crippen LogP contribution is -2.03. The summed E-state index contributed by atoms with van der Waals surface area (Å²) < 4.78 is 0. The third kappa shape index (κ3) is 1.91. The second-order valence-electron chi connectivity index (χ2n) is 4.47. The van der Waals surface area contributed by atoms with Crippen LogP contribution in [0.2, 0.25) is 0 Å². The molecule has 3 rings (SSSR count). The maximum absolute atomic E-state index is 3.31. The Hall–Kier alpha value is -2.06. The summed E-state index contributed by atoms with van der Waals surface area (Å²) >= 11 is 0. The van der Waals surface area contributed by atoms with E-state index in [-0.39, 0.29) is 0 Å². The van der Waals surface area contributed by atoms with Crippen molar-refractivity contribution in [2.24, 2.45) is 0 Å². The molecule has 0 amide bonds. The summed E-state index contributed by atoms with van der Waals surface area (Å²) in [5, 5.41) is 4.50. The molecule has 1 heterocycles. The van der Waals surface area contributed by atoms with Crippen molar-refractivity contribution in [2.75, 3.05) is 7.05 Å². The SMILES string of the molecule is CNCc1c[nH]c2ccc(-c3ccccc3)cc12. The summed E-state index contributed by atoms with van der Waals surface area (Å²) in [6, 6.07) is 17.1. The van der Waals surface area contributed by atoms with Crippen molar-refractivity contribution in [1.82, 2.24) is 10.3 Å². The minimum absolute atomic E-state index is 0.887. The van der Waals surface area contributed by atoms with E-state index in [2.05, 4.69) is 59.0 Å². The van der Waals surface area contributed by atoms with Gasteiger partial charge in [-0.1, -0.05) is 36.4 Å². The molecule has 2 heteroatoms. The van der Waals surface area contributed by atoms with E-state index in [1.54, 1.807) is 0 Å². The predicted octanol–water partition coefficient (Wildman–Crippen LogP) is 3.55. The average Bonchev–Trinajstić information content (AvgIpc) is 2.83. The first-order valence-electron chi connectivity index (χ1n) is 6.18. The Morgan fingerprint density at radius 3 is 2.61 bits per heavy atom. The highest BCUT2D eigenvalue weighted by Gasteiger charge is 2.04. The first kappa shape index (κ1) is 11.1. The van der Waals surface area contributed by atoms with Crippen LogP contribution in [0.3, 0.4) is 0 Å². The molecule has 90 valence electrons. The molecule has 0 unspecified atom stereocenters. The number of hydrogen-bond acceptors (Lipinski definition) is 1. The molecule has 0 atom stereocenters. The van der Waals surface area contributed by atoms with E-state index in [1.165, 1.54) is 27.6 Å². The molecule has 0 aliphatic carbocycles. The van der Waals surface area contributed by atoms with Crippen molar-refractivity contribution >= 4 is 10.9 Å². The van der Waals surface area contributed by atoms with Crippen molar-refractivity contribution in [3.05, 3.63) is 60.3 Å². The van der Waals surface area contributed by atoms with Crippen molar-refractivity contribution < 1.29 is 0 Å². The smallest absolute Gasteiger partial charge is 0.0457 e. The zero-order valence-electron chi connectivity index (χ0n) is 10.4. The summed E-state index contributed by atoms with van der Waals surface area (Å²) in [6.07, 6.45) is 2.08. The van der Waals surface area contributed by atoms with Crippen molar-refractivity contribution in [2.45, 2.75) is 6.54 Å². The van der Waals surface area contributed by atoms with Crippen LogP contribution < -0.4 is 5.32 Å². The lowest BCUT2D eigenvalue weighted by Gasteiger charge is -2.03. The number of hydrogen-bond donors (Lipinski definition) is 2. The van der Waals surface area contributed by atoms with Gasteiger partial charge in [-0.3, -0.25) is 0 Å². The fourth-order valence-corrected chi connectivity index (χ4v) is 2.33. The molecule has 3 aromatic rings. The molecule has 2 N–H and O–H groups in total. The van der Waals surface area contributed by atoms with E-state index in [4.69, 9.17) is 0 Å². The van der Waals surface area contributed by atoms with Gasteiger partial charge in [0.2, 0.25) is 0 Å². The largest absolute Gasteiger partial charge is 0.361 e. The lowest BCUT2D eigenvalue weighted by atomic mass is 10.0. The second kappa shape index (κ2) is 4.67. The molecule has 0 radical (unpaired) electrons. The maximum atomic E-state index is 3.31. The van der Waals surface area contributed by atoms with Crippen molar-refractivity contribution in [1.29, 1.82) is 0 Å². The lowest BCUT2D eigenvalue weighted by molar-refractivity contribution is 0.823. The molecule has 0 bridgehead atoms. The zero-order chi connectivity index (χ0) is 12.4. The van der Waals surface area contributed by atoms with Gasteiger partial charge in [0.1, 0.15) is 0 Å². The molecule has 1 aromatic heterocycles. The summed E-state index contributed by atoms with van der Waals surface area (Å²) in [5.41, 5.74) is 5.03. The monoisotopic (exact) mass is 236 g/mol. The molecule has 0 saturated carbocycles. The number of aromatic nitrogens is 1. The molecular weight excluding hydrogens is 220 g/mol. The highest BCUT2D eigenvalue weighted by atomic mass is 14.8. The Balaban J connectivity index is 2.12. The number of H-pyrrole nitrogens is 1. The Labute approximate surface area is 107 Å². The standard InChI is InChI=1S/C16H16N2/c1-17-10-14-11-18-16-8-7-13(9-15(14)16)12-5-3-2-4-6-12/h2-9,11,17-18H,10H2,1H3. The van der Waals surface area contributed by atoms with Gasteiger partial charge in [0.05, 0.1) is 0 Å². The predicted molar refractivity (Wildman–Crippen MR) is 76.5 cm³/mol. The van der Waals surface area contributed by atoms with Crippen LogP contribution in [0.4, 0.5) is 0 Å². The molecule has 0 saturated heterocycles. The van der Waals surface area contributed by atoms with Crippen LogP contribution in [-0.2, 0) is 6.54 Å². The fraction of sp³-hybridized carbons (Fsp3) is 0.125. The van der Waals surface area contributed by atoms with Crippen LogP contribution >= 0.6 is 0 Å². The third-order valence-corrected chi connectivity index (χ3v) is 3.24. The summed E-state index contributed by atoms with van der Waals surface area (Å²) in [5.74, 6) is 0. The molecule has 0 aliphatic heterocycles. The van der Waals surface area contributed by atoms with Crippen molar-refractivity contribution in [3.8, 4) is 11.1 Å². The highest BCUT2D eigenvalue weighted by molar-refractivity contribution is 5.88. The van der Waals surface area contributed by atoms with Crippen LogP contribution in [0.25, 0.3) is 22.0 Å². The Bertz CT molecular complexity index is 653. The Morgan fingerprint density at radius 1 is 1.00 bits per heavy atom. The van der Waals surface area contributed by atoms with E-state index >= 15 is 0 Å². The van der Waals surface area contributed by atoms with Crippen molar-refractivity contribution in [3.63, 3.8) is 0 Å². The number of rotatable bonds is 3. The third-order valence-electron chi connectivity index (χ3n) is 3.24. The van der Waals surface area contributed by atoms with Crippen LogP contribution in [-0.4, -0.2) is 12.0 Å². The number of aromatic amines is 1. The van der Waals surface area contributed by atoms with Gasteiger partial charge in [-0.2, -0.15) is 0 Å². The van der Waals surface area contributed by atoms with Gasteiger partial charge in [0.25, 0.3) is 0 Å². The van der Waals surface area contributed by atoms with Crippen LogP contribution in [0, 0.1) is 0 Å². The summed E-state index contributed by atoms with van der Waals surface area (Å²) in [7, 11) is 1.97. The van der Waals surface area contributed by atoms with E-state index in [0.717, 1.165) is 6.54 Å². The molecule has 2 nitrogen and oxygen atoms in total. The fourth-order valence-electron chi connectivity index (χ4n) is 2.33. The minimum atomic E-state index is 0.887. The average molecular weight is 236 g/mol. The molecule has 0 fully saturated rings. The van der Waals surface area contributed by atoms with Gasteiger partial charge < -0.3 is 10.3 Å². The number of fused-ring (bicyclic) bond motifs is 1. The normalized spacial score (nSPS) is 10.9. The molecule has 0 aliphatic rings. The Kier molecular flexibility index (Phi) is 2.87. The molecule has 18 heavy (non-hydrogen) atoms. The first-order valence-corrected chi connectivity index (χ1v) is 6.18. The van der Waals surface area contributed by atoms with Gasteiger partial charge in [0, 0.05) is 23.6 Å². The molecule has 0 spiro atoms. The van der Waals surface area contributed by atoms with Gasteiger partial charge in [0.15, 0.2) is 0 Å². The van der Waals surface area contributed by atoms with Gasteiger partial charge in [-0.15, -0.1) is 0 Å².